The molecule has 1 aliphatic heterocycles. The minimum atomic E-state index is 0.216. The molecule has 19 heavy (non-hydrogen) atoms. The first-order valence-corrected chi connectivity index (χ1v) is 7.18. The van der Waals surface area contributed by atoms with Crippen LogP contribution in [0.15, 0.2) is 12.1 Å². The fourth-order valence-corrected chi connectivity index (χ4v) is 3.42. The van der Waals surface area contributed by atoms with E-state index in [1.165, 1.54) is 17.9 Å². The monoisotopic (exact) mass is 275 g/mol. The van der Waals surface area contributed by atoms with Gasteiger partial charge in [0.15, 0.2) is 0 Å². The Bertz CT molecular complexity index is 598. The van der Waals surface area contributed by atoms with Crippen LogP contribution in [0.3, 0.4) is 0 Å². The molecule has 3 rings (SSSR count). The molecule has 0 bridgehead atoms. The van der Waals surface area contributed by atoms with Crippen molar-refractivity contribution in [1.82, 2.24) is 8.75 Å². The van der Waals surface area contributed by atoms with E-state index < -0.39 is 0 Å². The first-order chi connectivity index (χ1) is 9.19. The molecule has 1 aliphatic rings. The fourth-order valence-electron chi connectivity index (χ4n) is 2.84. The van der Waals surface area contributed by atoms with Crippen LogP contribution in [0, 0.1) is 11.3 Å². The molecule has 0 radical (unpaired) electrons. The maximum absolute atomic E-state index is 7.42. The zero-order valence-corrected chi connectivity index (χ0v) is 11.7. The number of hydrogen-bond acceptors (Lipinski definition) is 6. The van der Waals surface area contributed by atoms with E-state index in [0.29, 0.717) is 5.92 Å². The molecule has 0 aliphatic carbocycles. The smallest absolute Gasteiger partial charge is 0.128 e. The number of nitrogens with two attached hydrogens (primary N) is 1. The van der Waals surface area contributed by atoms with E-state index in [9.17, 15) is 0 Å². The topological polar surface area (TPSA) is 78.9 Å². The first-order valence-electron chi connectivity index (χ1n) is 6.45. The Labute approximate surface area is 116 Å². The van der Waals surface area contributed by atoms with Crippen molar-refractivity contribution in [2.75, 3.05) is 18.0 Å². The molecule has 0 spiro atoms. The van der Waals surface area contributed by atoms with E-state index >= 15 is 0 Å². The summed E-state index contributed by atoms with van der Waals surface area (Å²) < 4.78 is 8.70. The highest BCUT2D eigenvalue weighted by Crippen LogP contribution is 2.30. The van der Waals surface area contributed by atoms with Crippen molar-refractivity contribution in [3.63, 3.8) is 0 Å². The van der Waals surface area contributed by atoms with Crippen LogP contribution in [0.2, 0.25) is 0 Å². The fraction of sp³-hybridized carbons (Fsp3) is 0.462. The summed E-state index contributed by atoms with van der Waals surface area (Å²) in [5.41, 5.74) is 9.75. The number of hydrogen-bond donors (Lipinski definition) is 2. The largest absolute Gasteiger partial charge is 0.368 e. The molecule has 0 saturated carbocycles. The molecule has 0 unspecified atom stereocenters. The molecule has 1 aromatic carbocycles. The number of rotatable bonds is 2. The van der Waals surface area contributed by atoms with Crippen LogP contribution in [0.5, 0.6) is 0 Å². The van der Waals surface area contributed by atoms with Gasteiger partial charge in [0.05, 0.1) is 17.4 Å². The summed E-state index contributed by atoms with van der Waals surface area (Å²) in [6, 6.07) is 4.19. The Balaban J connectivity index is 2.05. The zero-order valence-electron chi connectivity index (χ0n) is 10.8. The molecule has 0 amide bonds. The summed E-state index contributed by atoms with van der Waals surface area (Å²) in [6.45, 7) is 4.10. The van der Waals surface area contributed by atoms with E-state index in [1.54, 1.807) is 0 Å². The number of anilines is 1. The summed E-state index contributed by atoms with van der Waals surface area (Å²) in [6.07, 6.45) is 2.41. The number of aromatic nitrogens is 2. The van der Waals surface area contributed by atoms with Crippen LogP contribution in [0.4, 0.5) is 5.69 Å². The van der Waals surface area contributed by atoms with Gasteiger partial charge in [-0.05, 0) is 24.5 Å². The van der Waals surface area contributed by atoms with Gasteiger partial charge in [-0.1, -0.05) is 6.92 Å². The predicted molar refractivity (Wildman–Crippen MR) is 79.3 cm³/mol. The number of piperidine rings is 1. The van der Waals surface area contributed by atoms with Crippen LogP contribution in [0.1, 0.15) is 18.9 Å². The molecule has 2 atom stereocenters. The quantitative estimate of drug-likeness (QED) is 0.820. The third-order valence-corrected chi connectivity index (χ3v) is 4.14. The molecular formula is C13H17N5S. The number of benzene rings is 1. The molecule has 1 fully saturated rings. The third-order valence-electron chi connectivity index (χ3n) is 3.61. The van der Waals surface area contributed by atoms with Crippen molar-refractivity contribution in [3.05, 3.63) is 17.7 Å². The van der Waals surface area contributed by atoms with Gasteiger partial charge < -0.3 is 16.0 Å². The Morgan fingerprint density at radius 3 is 2.89 bits per heavy atom. The molecule has 1 aromatic heterocycles. The van der Waals surface area contributed by atoms with Gasteiger partial charge in [-0.3, -0.25) is 0 Å². The Kier molecular flexibility index (Phi) is 3.20. The molecule has 100 valence electrons. The third kappa shape index (κ3) is 2.21. The lowest BCUT2D eigenvalue weighted by molar-refractivity contribution is 0.402. The Morgan fingerprint density at radius 2 is 2.16 bits per heavy atom. The van der Waals surface area contributed by atoms with Crippen molar-refractivity contribution in [2.45, 2.75) is 19.4 Å². The molecule has 6 heteroatoms. The molecular weight excluding hydrogens is 258 g/mol. The summed E-state index contributed by atoms with van der Waals surface area (Å²) >= 11 is 1.20. The summed E-state index contributed by atoms with van der Waals surface area (Å²) in [5.74, 6) is 0.591. The highest BCUT2D eigenvalue weighted by atomic mass is 32.1. The van der Waals surface area contributed by atoms with Crippen LogP contribution in [-0.4, -0.2) is 34.1 Å². The van der Waals surface area contributed by atoms with E-state index in [-0.39, 0.29) is 6.04 Å². The standard InChI is InChI=1S/C13H17N5S/c1-8-4-10(15)7-18(6-8)11-3-2-9(5-14)12-13(11)17-19-16-12/h2-3,5,8,10,14H,4,6-7,15H2,1H3/t8-,10+/m0/s1. The Morgan fingerprint density at radius 1 is 1.37 bits per heavy atom. The van der Waals surface area contributed by atoms with E-state index in [0.717, 1.165) is 41.8 Å². The molecule has 2 heterocycles. The van der Waals surface area contributed by atoms with Crippen molar-refractivity contribution in [2.24, 2.45) is 11.7 Å². The highest BCUT2D eigenvalue weighted by molar-refractivity contribution is 7.00. The second-order valence-electron chi connectivity index (χ2n) is 5.29. The number of nitrogens with zero attached hydrogens (tertiary/aromatic N) is 3. The Hall–Kier alpha value is -1.53. The van der Waals surface area contributed by atoms with Crippen molar-refractivity contribution >= 4 is 34.7 Å². The predicted octanol–water partition coefficient (Wildman–Crippen LogP) is 1.86. The van der Waals surface area contributed by atoms with Gasteiger partial charge in [0.2, 0.25) is 0 Å². The minimum absolute atomic E-state index is 0.216. The van der Waals surface area contributed by atoms with Crippen molar-refractivity contribution in [3.8, 4) is 0 Å². The first kappa shape index (κ1) is 12.5. The van der Waals surface area contributed by atoms with Crippen LogP contribution < -0.4 is 10.6 Å². The second-order valence-corrected chi connectivity index (χ2v) is 5.81. The number of fused-ring (bicyclic) bond motifs is 1. The highest BCUT2D eigenvalue weighted by Gasteiger charge is 2.24. The lowest BCUT2D eigenvalue weighted by Crippen LogP contribution is -2.46. The van der Waals surface area contributed by atoms with Gasteiger partial charge in [0.1, 0.15) is 11.0 Å². The molecule has 5 nitrogen and oxygen atoms in total. The van der Waals surface area contributed by atoms with E-state index in [1.807, 2.05) is 12.1 Å². The second kappa shape index (κ2) is 4.86. The van der Waals surface area contributed by atoms with Crippen molar-refractivity contribution in [1.29, 1.82) is 5.41 Å². The van der Waals surface area contributed by atoms with Gasteiger partial charge in [-0.25, -0.2) is 0 Å². The van der Waals surface area contributed by atoms with Gasteiger partial charge in [-0.2, -0.15) is 8.75 Å². The maximum Gasteiger partial charge on any atom is 0.128 e. The average molecular weight is 275 g/mol. The average Bonchev–Trinajstić information content (AvgIpc) is 2.85. The maximum atomic E-state index is 7.42. The lowest BCUT2D eigenvalue weighted by Gasteiger charge is -2.36. The minimum Gasteiger partial charge on any atom is -0.368 e. The zero-order chi connectivity index (χ0) is 13.4. The number of nitrogens with one attached hydrogen (secondary N) is 1. The molecule has 2 aromatic rings. The SMILES string of the molecule is C[C@H]1C[C@@H](N)CN(c2ccc(C=N)c3nsnc23)C1. The van der Waals surface area contributed by atoms with Crippen LogP contribution in [-0.2, 0) is 0 Å². The van der Waals surface area contributed by atoms with Gasteiger partial charge in [0, 0.05) is 30.9 Å². The van der Waals surface area contributed by atoms with Gasteiger partial charge >= 0.3 is 0 Å². The van der Waals surface area contributed by atoms with Crippen LogP contribution in [0.25, 0.3) is 11.0 Å². The molecule has 3 N–H and O–H groups in total. The van der Waals surface area contributed by atoms with Crippen LogP contribution >= 0.6 is 11.7 Å². The van der Waals surface area contributed by atoms with E-state index in [4.69, 9.17) is 11.1 Å². The van der Waals surface area contributed by atoms with E-state index in [2.05, 4.69) is 20.6 Å². The van der Waals surface area contributed by atoms with Gasteiger partial charge in [-0.15, -0.1) is 0 Å². The van der Waals surface area contributed by atoms with Gasteiger partial charge in [0.25, 0.3) is 0 Å². The summed E-state index contributed by atoms with van der Waals surface area (Å²) in [5, 5.41) is 7.42. The normalized spacial score (nSPS) is 23.8. The lowest BCUT2D eigenvalue weighted by atomic mass is 9.96. The molecule has 1 saturated heterocycles. The summed E-state index contributed by atoms with van der Waals surface area (Å²) in [7, 11) is 0. The summed E-state index contributed by atoms with van der Waals surface area (Å²) in [4.78, 5) is 2.30. The van der Waals surface area contributed by atoms with Crippen molar-refractivity contribution < 1.29 is 0 Å².